The number of para-hydroxylation sites is 4. The van der Waals surface area contributed by atoms with Crippen LogP contribution in [0.3, 0.4) is 0 Å². The summed E-state index contributed by atoms with van der Waals surface area (Å²) in [5.41, 5.74) is 14.7. The highest BCUT2D eigenvalue weighted by Crippen LogP contribution is 2.55. The summed E-state index contributed by atoms with van der Waals surface area (Å²) in [7, 11) is 0. The summed E-state index contributed by atoms with van der Waals surface area (Å²) in [6.45, 7) is 0. The van der Waals surface area contributed by atoms with Gasteiger partial charge in [-0.2, -0.15) is 29.9 Å². The molecule has 24 aromatic rings. The van der Waals surface area contributed by atoms with Gasteiger partial charge >= 0.3 is 0 Å². The maximum atomic E-state index is 8.78. The zero-order valence-corrected chi connectivity index (χ0v) is 67.7. The summed E-state index contributed by atoms with van der Waals surface area (Å²) in [5, 5.41) is 12.5. The van der Waals surface area contributed by atoms with Gasteiger partial charge < -0.3 is 4.42 Å². The maximum Gasteiger partial charge on any atom is 0.238 e. The van der Waals surface area contributed by atoms with Crippen molar-refractivity contribution in [3.05, 3.63) is 400 Å². The first kappa shape index (κ1) is 58.4. The summed E-state index contributed by atoms with van der Waals surface area (Å²) < 4.78 is 138. The van der Waals surface area contributed by atoms with Crippen LogP contribution in [0.1, 0.15) is 20.6 Å². The van der Waals surface area contributed by atoms with Crippen molar-refractivity contribution in [3.63, 3.8) is 0 Å². The molecule has 0 spiro atoms. The maximum absolute atomic E-state index is 8.78. The third-order valence-electron chi connectivity index (χ3n) is 23.2. The lowest BCUT2D eigenvalue weighted by Gasteiger charge is -2.32. The molecule has 0 saturated carbocycles. The molecule has 0 N–H and O–H groups in total. The zero-order valence-electron chi connectivity index (χ0n) is 81.0. The zero-order chi connectivity index (χ0) is 95.9. The first-order chi connectivity index (χ1) is 68.7. The molecule has 9 heterocycles. The Morgan fingerprint density at radius 3 is 1.02 bits per heavy atom. The Bertz CT molecular complexity index is 9470. The van der Waals surface area contributed by atoms with E-state index in [4.69, 9.17) is 69.8 Å². The van der Waals surface area contributed by atoms with Crippen LogP contribution in [0.15, 0.2) is 404 Å². The van der Waals surface area contributed by atoms with Crippen LogP contribution < -0.4 is 14.7 Å². The second kappa shape index (κ2) is 29.6. The second-order valence-corrected chi connectivity index (χ2v) is 32.5. The average Bonchev–Trinajstić information content (AvgIpc) is 1.71. The second-order valence-electron chi connectivity index (χ2n) is 30.3. The fourth-order valence-electron chi connectivity index (χ4n) is 17.8. The van der Waals surface area contributed by atoms with Gasteiger partial charge in [-0.15, -0.1) is 22.7 Å². The largest absolute Gasteiger partial charge is 0.456 e. The summed E-state index contributed by atoms with van der Waals surface area (Å²) >= 11 is 3.39. The van der Waals surface area contributed by atoms with Crippen molar-refractivity contribution in [2.45, 2.75) is 0 Å². The van der Waals surface area contributed by atoms with Gasteiger partial charge in [0, 0.05) is 117 Å². The molecule has 18 aromatic carbocycles. The Hall–Kier alpha value is -16.6. The third-order valence-corrected chi connectivity index (χ3v) is 25.5. The van der Waals surface area contributed by atoms with Crippen LogP contribution in [0.5, 0.6) is 0 Å². The third kappa shape index (κ3) is 12.1. The Balaban J connectivity index is 0.000000111. The summed E-state index contributed by atoms with van der Waals surface area (Å²) in [6.07, 6.45) is 0. The van der Waals surface area contributed by atoms with Crippen molar-refractivity contribution in [1.29, 1.82) is 0 Å². The van der Waals surface area contributed by atoms with Gasteiger partial charge in [0.25, 0.3) is 0 Å². The molecule has 0 amide bonds. The monoisotopic (exact) mass is 1660 g/mol. The minimum atomic E-state index is -0.485. The van der Waals surface area contributed by atoms with Gasteiger partial charge in [-0.3, -0.25) is 14.7 Å². The van der Waals surface area contributed by atoms with E-state index in [1.807, 2.05) is 197 Å². The molecule has 0 radical (unpaired) electrons. The number of nitrogens with zero attached hydrogens (tertiary/aromatic N) is 12. The van der Waals surface area contributed by atoms with E-state index < -0.39 is 66.5 Å². The van der Waals surface area contributed by atoms with Crippen molar-refractivity contribution in [1.82, 2.24) is 44.9 Å². The minimum Gasteiger partial charge on any atom is -0.456 e. The summed E-state index contributed by atoms with van der Waals surface area (Å²) in [4.78, 5) is 50.2. The molecule has 0 fully saturated rings. The predicted octanol–water partition coefficient (Wildman–Crippen LogP) is 30.1. The molecular weight excluding hydrogens is 1580 g/mol. The van der Waals surface area contributed by atoms with Crippen molar-refractivity contribution in [2.24, 2.45) is 0 Å². The average molecular weight is 1660 g/mol. The number of aromatic nitrogens is 9. The Morgan fingerprint density at radius 2 is 0.540 bits per heavy atom. The normalized spacial score (nSPS) is 13.9. The molecule has 27 rings (SSSR count). The van der Waals surface area contributed by atoms with Crippen molar-refractivity contribution < 1.29 is 25.0 Å². The number of thiophene rings is 2. The molecule has 6 aromatic heterocycles. The van der Waals surface area contributed by atoms with Gasteiger partial charge in [0.1, 0.15) is 11.2 Å². The van der Waals surface area contributed by atoms with E-state index in [0.717, 1.165) is 147 Å². The fraction of sp³-hybridized carbons (Fsp3) is 0. The van der Waals surface area contributed by atoms with Crippen LogP contribution in [0.2, 0.25) is 0 Å². The number of fused-ring (bicyclic) bond motifs is 15. The SMILES string of the molecule is [2H]c1c([2H])c([2H])c(-c2nc(-c3ccc4c(c3)sc3ccccc34)nc(N3c4ccccc4-c4cccc5cccc3c45)n2)c([2H])c1[2H].[2H]c1c([2H])c([2H])c(-c2nc(-c3ccc4sc5ccccc5c4c3)nc(N3c4ccccc4-c4cccc5cccc3c45)n2)c([2H])c1[2H].[2H]c1c([2H])c([2H])c(-c2nc(-c3cccc4oc5ccccc5c34)nc(N3c4ccccc4-c4cccc5cccc3c45)n2)c([2H])c1[2H]. The van der Waals surface area contributed by atoms with Gasteiger partial charge in [0.15, 0.2) is 34.9 Å². The Morgan fingerprint density at radius 1 is 0.214 bits per heavy atom. The highest BCUT2D eigenvalue weighted by molar-refractivity contribution is 7.26. The lowest BCUT2D eigenvalue weighted by atomic mass is 9.91. The molecule has 3 aliphatic heterocycles. The molecule has 0 saturated heterocycles. The smallest absolute Gasteiger partial charge is 0.238 e. The van der Waals surface area contributed by atoms with E-state index >= 15 is 0 Å². The predicted molar refractivity (Wildman–Crippen MR) is 519 cm³/mol. The molecule has 126 heavy (non-hydrogen) atoms. The number of hydrogen-bond donors (Lipinski definition) is 0. The molecule has 0 atom stereocenters. The molecule has 588 valence electrons. The number of rotatable bonds is 9. The van der Waals surface area contributed by atoms with Gasteiger partial charge in [-0.25, -0.2) is 15.0 Å². The van der Waals surface area contributed by atoms with E-state index in [1.165, 1.54) is 14.8 Å². The van der Waals surface area contributed by atoms with Crippen LogP contribution in [0.25, 0.3) is 196 Å². The van der Waals surface area contributed by atoms with E-state index in [2.05, 4.69) is 127 Å². The summed E-state index contributed by atoms with van der Waals surface area (Å²) in [5.74, 6) is 1.72. The topological polar surface area (TPSA) is 139 Å². The highest BCUT2D eigenvalue weighted by atomic mass is 32.1. The van der Waals surface area contributed by atoms with Crippen LogP contribution in [0, 0.1) is 0 Å². The molecule has 15 heteroatoms. The first-order valence-corrected chi connectivity index (χ1v) is 42.3. The Labute approximate surface area is 751 Å². The molecule has 0 unspecified atom stereocenters. The first-order valence-electron chi connectivity index (χ1n) is 48.2. The van der Waals surface area contributed by atoms with E-state index in [0.29, 0.717) is 28.4 Å². The minimum absolute atomic E-state index is 0.000730. The van der Waals surface area contributed by atoms with Crippen LogP contribution in [-0.4, -0.2) is 44.9 Å². The quantitative estimate of drug-likeness (QED) is 0.136. The fourth-order valence-corrected chi connectivity index (χ4v) is 20.0. The highest BCUT2D eigenvalue weighted by Gasteiger charge is 2.34. The van der Waals surface area contributed by atoms with Crippen molar-refractivity contribution in [2.75, 3.05) is 14.7 Å². The summed E-state index contributed by atoms with van der Waals surface area (Å²) in [6, 6.07) is 96.7. The number of furan rings is 1. The van der Waals surface area contributed by atoms with E-state index in [-0.39, 0.29) is 82.0 Å². The Kier molecular flexibility index (Phi) is 13.7. The standard InChI is InChI=1S/C37H22N4O.2C37H22N4S/c1-2-11-24(12-3-1)35-38-36(28-18-10-22-32-34(28)27-16-5-7-21-31(27)42-32)40-37(39-35)41-29-19-6-4-15-25(29)26-17-8-13-23-14-9-20-30(41)33(23)26;1-2-10-24(11-3-1)35-38-36(25-20-21-28-27-15-5-7-19-32(27)42-33(28)22-25)40-37(39-35)41-30-17-6-4-14-26(30)29-16-8-12-23-13-9-18-31(41)34(23)29;1-2-10-24(11-3-1)35-38-36(25-20-21-33-29(22-25)27-15-5-7-19-32(27)42-33)40-37(39-35)41-30-17-6-4-14-26(30)28-16-8-12-23-13-9-18-31(41)34(23)28/h3*1-22H/i1D,2D,3D,11D,12D;2*1D,2D,3D,10D,11D. The number of benzene rings is 18. The van der Waals surface area contributed by atoms with Gasteiger partial charge in [0.2, 0.25) is 17.8 Å². The van der Waals surface area contributed by atoms with Gasteiger partial charge in [0.05, 0.1) is 54.7 Å². The molecule has 0 bridgehead atoms. The molecule has 13 nitrogen and oxygen atoms in total. The molecule has 0 aliphatic carbocycles. The van der Waals surface area contributed by atoms with Crippen LogP contribution in [0.4, 0.5) is 52.0 Å². The number of anilines is 9. The van der Waals surface area contributed by atoms with E-state index in [1.54, 1.807) is 22.7 Å². The number of hydrogen-bond acceptors (Lipinski definition) is 15. The van der Waals surface area contributed by atoms with Crippen LogP contribution >= 0.6 is 22.7 Å². The lowest BCUT2D eigenvalue weighted by Crippen LogP contribution is -2.18. The molecule has 3 aliphatic rings. The van der Waals surface area contributed by atoms with Crippen LogP contribution in [-0.2, 0) is 0 Å². The molecular formula is C111H66N12OS2. The lowest BCUT2D eigenvalue weighted by molar-refractivity contribution is 0.669. The van der Waals surface area contributed by atoms with Crippen molar-refractivity contribution >= 4 is 169 Å². The van der Waals surface area contributed by atoms with Crippen molar-refractivity contribution in [3.8, 4) is 102 Å². The van der Waals surface area contributed by atoms with Gasteiger partial charge in [-0.1, -0.05) is 315 Å². The van der Waals surface area contributed by atoms with E-state index in [9.17, 15) is 0 Å². The van der Waals surface area contributed by atoms with Gasteiger partial charge in [-0.05, 0) is 118 Å².